The van der Waals surface area contributed by atoms with Crippen molar-refractivity contribution in [3.63, 3.8) is 0 Å². The van der Waals surface area contributed by atoms with Gasteiger partial charge in [0.2, 0.25) is 11.8 Å². The zero-order valence-corrected chi connectivity index (χ0v) is 16.9. The fraction of sp³-hybridized carbons (Fsp3) is 0.619. The molecule has 0 aliphatic carbocycles. The van der Waals surface area contributed by atoms with E-state index in [4.69, 9.17) is 5.11 Å². The molecule has 7 heteroatoms. The van der Waals surface area contributed by atoms with Gasteiger partial charge in [0.1, 0.15) is 0 Å². The summed E-state index contributed by atoms with van der Waals surface area (Å²) in [5, 5.41) is 24.3. The van der Waals surface area contributed by atoms with Gasteiger partial charge in [0.05, 0.1) is 24.2 Å². The third-order valence-electron chi connectivity index (χ3n) is 5.55. The van der Waals surface area contributed by atoms with Gasteiger partial charge in [0, 0.05) is 25.3 Å². The van der Waals surface area contributed by atoms with Crippen LogP contribution >= 0.6 is 0 Å². The van der Waals surface area contributed by atoms with Gasteiger partial charge in [-0.25, -0.2) is 0 Å². The van der Waals surface area contributed by atoms with Crippen LogP contribution in [0, 0.1) is 5.41 Å². The zero-order chi connectivity index (χ0) is 20.5. The largest absolute Gasteiger partial charge is 0.394 e. The number of carbonyl (C=O) groups is 2. The van der Waals surface area contributed by atoms with E-state index in [0.717, 1.165) is 11.3 Å². The van der Waals surface area contributed by atoms with Gasteiger partial charge in [-0.2, -0.15) is 0 Å². The quantitative estimate of drug-likeness (QED) is 0.578. The van der Waals surface area contributed by atoms with Gasteiger partial charge < -0.3 is 20.8 Å². The van der Waals surface area contributed by atoms with E-state index in [1.54, 1.807) is 0 Å². The molecule has 1 aromatic rings. The molecule has 2 heterocycles. The number of amides is 2. The molecule has 3 unspecified atom stereocenters. The number of anilines is 1. The van der Waals surface area contributed by atoms with Crippen molar-refractivity contribution in [2.45, 2.75) is 51.2 Å². The number of likely N-dealkylation sites (tertiary alicyclic amines) is 1. The lowest BCUT2D eigenvalue weighted by atomic mass is 9.79. The van der Waals surface area contributed by atoms with E-state index in [0.29, 0.717) is 25.9 Å². The summed E-state index contributed by atoms with van der Waals surface area (Å²) in [5.74, 6) is -0.179. The molecule has 1 fully saturated rings. The van der Waals surface area contributed by atoms with E-state index in [2.05, 4.69) is 36.3 Å². The Bertz CT molecular complexity index is 745. The summed E-state index contributed by atoms with van der Waals surface area (Å²) in [6, 6.07) is 7.29. The Kier molecular flexibility index (Phi) is 5.79. The van der Waals surface area contributed by atoms with Gasteiger partial charge in [0.25, 0.3) is 0 Å². The number of para-hydroxylation sites is 1. The first kappa shape index (κ1) is 20.8. The second-order valence-electron chi connectivity index (χ2n) is 9.18. The molecular weight excluding hydrogens is 358 g/mol. The minimum Gasteiger partial charge on any atom is -0.394 e. The maximum Gasteiger partial charge on any atom is 0.237 e. The molecule has 2 aliphatic rings. The monoisotopic (exact) mass is 389 g/mol. The number of rotatable bonds is 6. The van der Waals surface area contributed by atoms with Crippen molar-refractivity contribution in [2.75, 3.05) is 31.6 Å². The topological polar surface area (TPSA) is 102 Å². The van der Waals surface area contributed by atoms with E-state index in [-0.39, 0.29) is 30.4 Å². The van der Waals surface area contributed by atoms with Crippen molar-refractivity contribution in [2.24, 2.45) is 5.41 Å². The Hall–Kier alpha value is -1.96. The number of nitrogens with zero attached hydrogens (tertiary/aromatic N) is 1. The molecule has 2 aliphatic heterocycles. The van der Waals surface area contributed by atoms with Crippen LogP contribution in [-0.4, -0.2) is 65.3 Å². The lowest BCUT2D eigenvalue weighted by molar-refractivity contribution is -0.125. The van der Waals surface area contributed by atoms with Crippen LogP contribution < -0.4 is 10.6 Å². The number of benzene rings is 1. The summed E-state index contributed by atoms with van der Waals surface area (Å²) >= 11 is 0. The van der Waals surface area contributed by atoms with Crippen molar-refractivity contribution in [1.29, 1.82) is 0 Å². The summed E-state index contributed by atoms with van der Waals surface area (Å²) in [7, 11) is 0. The van der Waals surface area contributed by atoms with Crippen LogP contribution in [0.15, 0.2) is 24.3 Å². The molecule has 1 saturated heterocycles. The Labute approximate surface area is 166 Å². The predicted octanol–water partition coefficient (Wildman–Crippen LogP) is 0.856. The summed E-state index contributed by atoms with van der Waals surface area (Å²) in [6.07, 6.45) is -0.114. The Balaban J connectivity index is 1.82. The van der Waals surface area contributed by atoms with E-state index < -0.39 is 17.6 Å². The molecule has 3 atom stereocenters. The average Bonchev–Trinajstić information content (AvgIpc) is 3.12. The van der Waals surface area contributed by atoms with Gasteiger partial charge in [0.15, 0.2) is 0 Å². The molecule has 1 aromatic carbocycles. The Morgan fingerprint density at radius 1 is 1.39 bits per heavy atom. The van der Waals surface area contributed by atoms with Gasteiger partial charge in [-0.1, -0.05) is 39.0 Å². The highest BCUT2D eigenvalue weighted by Crippen LogP contribution is 2.46. The average molecular weight is 389 g/mol. The Morgan fingerprint density at radius 3 is 2.79 bits per heavy atom. The van der Waals surface area contributed by atoms with E-state index in [9.17, 15) is 14.7 Å². The van der Waals surface area contributed by atoms with Crippen LogP contribution in [0.3, 0.4) is 0 Å². The molecule has 0 bridgehead atoms. The van der Waals surface area contributed by atoms with Crippen LogP contribution in [0.5, 0.6) is 0 Å². The predicted molar refractivity (Wildman–Crippen MR) is 107 cm³/mol. The summed E-state index contributed by atoms with van der Waals surface area (Å²) in [5.41, 5.74) is 1.06. The molecule has 0 radical (unpaired) electrons. The van der Waals surface area contributed by atoms with Crippen LogP contribution in [0.25, 0.3) is 0 Å². The summed E-state index contributed by atoms with van der Waals surface area (Å²) in [6.45, 7) is 7.52. The van der Waals surface area contributed by atoms with E-state index >= 15 is 0 Å². The number of aliphatic hydroxyl groups is 2. The molecular formula is C21H31N3O4. The second-order valence-corrected chi connectivity index (χ2v) is 9.18. The number of nitrogens with one attached hydrogen (secondary N) is 2. The highest BCUT2D eigenvalue weighted by molar-refractivity contribution is 6.07. The molecule has 1 spiro atoms. The minimum atomic E-state index is -0.839. The first-order chi connectivity index (χ1) is 13.2. The van der Waals surface area contributed by atoms with Crippen LogP contribution in [0.1, 0.15) is 39.2 Å². The van der Waals surface area contributed by atoms with E-state index in [1.165, 1.54) is 0 Å². The molecule has 0 aromatic heterocycles. The number of aliphatic hydroxyl groups excluding tert-OH is 2. The van der Waals surface area contributed by atoms with Gasteiger partial charge in [-0.3, -0.25) is 14.5 Å². The SMILES string of the molecule is CC(C)(C)CN1CC2(CC1C(=O)NCCC(O)CO)C(=O)Nc1ccccc12. The molecule has 2 amide bonds. The standard InChI is InChI=1S/C21H31N3O4/c1-20(2,3)12-24-13-21(15-6-4-5-7-16(15)23-19(21)28)10-17(24)18(27)22-9-8-14(26)11-25/h4-7,14,17,25-26H,8-13H2,1-3H3,(H,22,27)(H,23,28). The molecule has 154 valence electrons. The first-order valence-electron chi connectivity index (χ1n) is 9.88. The molecule has 7 nitrogen and oxygen atoms in total. The maximum absolute atomic E-state index is 12.9. The molecule has 3 rings (SSSR count). The second kappa shape index (κ2) is 7.81. The Morgan fingerprint density at radius 2 is 2.11 bits per heavy atom. The third-order valence-corrected chi connectivity index (χ3v) is 5.55. The molecule has 0 saturated carbocycles. The molecule has 4 N–H and O–H groups in total. The van der Waals surface area contributed by atoms with Crippen LogP contribution in [-0.2, 0) is 15.0 Å². The highest BCUT2D eigenvalue weighted by atomic mass is 16.3. The number of fused-ring (bicyclic) bond motifs is 2. The lowest BCUT2D eigenvalue weighted by Gasteiger charge is -2.31. The van der Waals surface area contributed by atoms with Gasteiger partial charge in [-0.15, -0.1) is 0 Å². The molecule has 28 heavy (non-hydrogen) atoms. The maximum atomic E-state index is 12.9. The fourth-order valence-electron chi connectivity index (χ4n) is 4.32. The minimum absolute atomic E-state index is 0.0221. The number of carbonyl (C=O) groups excluding carboxylic acids is 2. The fourth-order valence-corrected chi connectivity index (χ4v) is 4.32. The van der Waals surface area contributed by atoms with Crippen molar-refractivity contribution in [1.82, 2.24) is 10.2 Å². The third kappa shape index (κ3) is 4.06. The van der Waals surface area contributed by atoms with Gasteiger partial charge in [-0.05, 0) is 29.9 Å². The van der Waals surface area contributed by atoms with Crippen LogP contribution in [0.4, 0.5) is 5.69 Å². The highest BCUT2D eigenvalue weighted by Gasteiger charge is 2.56. The normalized spacial score (nSPS) is 25.6. The van der Waals surface area contributed by atoms with Crippen LogP contribution in [0.2, 0.25) is 0 Å². The number of hydrogen-bond acceptors (Lipinski definition) is 5. The summed E-state index contributed by atoms with van der Waals surface area (Å²) < 4.78 is 0. The zero-order valence-electron chi connectivity index (χ0n) is 16.9. The number of hydrogen-bond donors (Lipinski definition) is 4. The van der Waals surface area contributed by atoms with E-state index in [1.807, 2.05) is 24.3 Å². The lowest BCUT2D eigenvalue weighted by Crippen LogP contribution is -2.46. The summed E-state index contributed by atoms with van der Waals surface area (Å²) in [4.78, 5) is 28.0. The smallest absolute Gasteiger partial charge is 0.237 e. The van der Waals surface area contributed by atoms with Crippen molar-refractivity contribution >= 4 is 17.5 Å². The van der Waals surface area contributed by atoms with Crippen molar-refractivity contribution in [3.05, 3.63) is 29.8 Å². The van der Waals surface area contributed by atoms with Crippen molar-refractivity contribution in [3.8, 4) is 0 Å². The van der Waals surface area contributed by atoms with Crippen molar-refractivity contribution < 1.29 is 19.8 Å². The first-order valence-corrected chi connectivity index (χ1v) is 9.88. The van der Waals surface area contributed by atoms with Gasteiger partial charge >= 0.3 is 0 Å².